The Morgan fingerprint density at radius 2 is 1.48 bits per heavy atom. The Morgan fingerprint density at radius 3 is 2.12 bits per heavy atom. The number of unbranched alkanes of at least 4 members (excludes halogenated alkanes) is 13. The lowest BCUT2D eigenvalue weighted by Crippen LogP contribution is -2.46. The number of nitrogens with zero attached hydrogens (tertiary/aromatic N) is 4. The number of fused-ring (bicyclic) bond motifs is 1. The number of phosphoric ester groups is 3. The van der Waals surface area contributed by atoms with E-state index in [1.54, 1.807) is 0 Å². The molecule has 69 heavy (non-hydrogen) atoms. The minimum Gasteiger partial charge on any atom is -0.386 e. The molecule has 1 aliphatic rings. The molecule has 24 nitrogen and oxygen atoms in total. The zero-order chi connectivity index (χ0) is 51.1. The third kappa shape index (κ3) is 23.2. The number of carbonyl (C=O) groups is 3. The highest BCUT2D eigenvalue weighted by molar-refractivity contribution is 8.13. The van der Waals surface area contributed by atoms with Crippen LogP contribution >= 0.6 is 35.2 Å². The fraction of sp³-hybridized carbons (Fsp3) is 0.756. The summed E-state index contributed by atoms with van der Waals surface area (Å²) in [5, 5.41) is 26.7. The van der Waals surface area contributed by atoms with Crippen molar-refractivity contribution < 1.29 is 80.5 Å². The van der Waals surface area contributed by atoms with E-state index in [4.69, 9.17) is 19.5 Å². The number of aliphatic hydroxyl groups is 2. The summed E-state index contributed by atoms with van der Waals surface area (Å²) < 4.78 is 62.5. The molecule has 0 spiro atoms. The van der Waals surface area contributed by atoms with Crippen LogP contribution in [0.2, 0.25) is 0 Å². The molecule has 2 amide bonds. The molecule has 3 rings (SSSR count). The number of allylic oxidation sites excluding steroid dienone is 2. The number of anilines is 1. The van der Waals surface area contributed by atoms with Crippen LogP contribution < -0.4 is 16.4 Å². The smallest absolute Gasteiger partial charge is 0.386 e. The molecule has 0 saturated carbocycles. The molecule has 0 bridgehead atoms. The number of amides is 2. The van der Waals surface area contributed by atoms with Crippen molar-refractivity contribution in [2.45, 2.75) is 161 Å². The van der Waals surface area contributed by atoms with Crippen LogP contribution in [0.4, 0.5) is 5.82 Å². The SMILES string of the molecule is CCCCCCCCC=CCCCCCCCCCC(=O)SCCNC(=O)CCNC(=O)C(O)C(C)(C)COP(=O)(O)OP(=O)(O)OCC1OC(n2cnc3c(N)ncnc32)C(O)C1OP(=O)(O)O. The summed E-state index contributed by atoms with van der Waals surface area (Å²) in [6.07, 6.45) is 16.3. The van der Waals surface area contributed by atoms with E-state index in [1.807, 2.05) is 0 Å². The number of hydrogen-bond acceptors (Lipinski definition) is 18. The first kappa shape index (κ1) is 60.6. The van der Waals surface area contributed by atoms with Gasteiger partial charge in [0.05, 0.1) is 19.5 Å². The van der Waals surface area contributed by atoms with Crippen molar-refractivity contribution in [1.29, 1.82) is 0 Å². The predicted molar refractivity (Wildman–Crippen MR) is 256 cm³/mol. The Hall–Kier alpha value is -2.70. The van der Waals surface area contributed by atoms with Gasteiger partial charge >= 0.3 is 23.5 Å². The largest absolute Gasteiger partial charge is 0.481 e. The molecule has 394 valence electrons. The highest BCUT2D eigenvalue weighted by atomic mass is 32.2. The predicted octanol–water partition coefficient (Wildman–Crippen LogP) is 5.48. The van der Waals surface area contributed by atoms with Gasteiger partial charge in [0.2, 0.25) is 11.8 Å². The third-order valence-electron chi connectivity index (χ3n) is 10.9. The van der Waals surface area contributed by atoms with Gasteiger partial charge in [-0.15, -0.1) is 0 Å². The van der Waals surface area contributed by atoms with Crippen molar-refractivity contribution in [3.05, 3.63) is 24.8 Å². The van der Waals surface area contributed by atoms with Gasteiger partial charge in [-0.05, 0) is 32.1 Å². The number of hydrogen-bond donors (Lipinski definition) is 9. The number of imidazole rings is 1. The number of aromatic nitrogens is 4. The fourth-order valence-corrected chi connectivity index (χ4v) is 10.6. The Labute approximate surface area is 407 Å². The van der Waals surface area contributed by atoms with Gasteiger partial charge in [0.25, 0.3) is 0 Å². The monoisotopic (exact) mass is 1060 g/mol. The molecular formula is C41H72N7O17P3S. The second-order valence-corrected chi connectivity index (χ2v) is 22.7. The Bertz CT molecular complexity index is 2080. The van der Waals surface area contributed by atoms with Crippen LogP contribution in [0.25, 0.3) is 11.2 Å². The van der Waals surface area contributed by atoms with Crippen LogP contribution in [0.5, 0.6) is 0 Å². The van der Waals surface area contributed by atoms with E-state index < -0.39 is 84.6 Å². The normalized spacial score (nSPS) is 20.0. The molecule has 1 aliphatic heterocycles. The van der Waals surface area contributed by atoms with Gasteiger partial charge in [0.1, 0.15) is 36.3 Å². The van der Waals surface area contributed by atoms with Gasteiger partial charge in [-0.3, -0.25) is 32.5 Å². The highest BCUT2D eigenvalue weighted by Crippen LogP contribution is 2.61. The molecule has 7 atom stereocenters. The maximum atomic E-state index is 12.7. The zero-order valence-electron chi connectivity index (χ0n) is 39.5. The summed E-state index contributed by atoms with van der Waals surface area (Å²) in [6.45, 7) is 2.81. The van der Waals surface area contributed by atoms with Gasteiger partial charge in [0, 0.05) is 37.1 Å². The average molecular weight is 1060 g/mol. The molecule has 28 heteroatoms. The molecule has 10 N–H and O–H groups in total. The second-order valence-electron chi connectivity index (χ2n) is 17.3. The number of rotatable bonds is 36. The first-order valence-electron chi connectivity index (χ1n) is 23.3. The number of phosphoric acid groups is 3. The van der Waals surface area contributed by atoms with Crippen LogP contribution in [0.3, 0.4) is 0 Å². The number of carbonyl (C=O) groups excluding carboxylic acids is 3. The standard InChI is InChI=1S/C41H72N7O17P3S/c1-4-5-6-7-8-9-10-11-12-13-14-15-16-17-18-19-20-21-32(50)69-25-24-43-31(49)22-23-44-39(53)36(52)41(2,3)27-62-68(59,60)65-67(57,58)61-26-30-35(64-66(54,55)56)34(51)40(63-30)48-29-47-33-37(42)45-28-46-38(33)48/h11-12,28-30,34-36,40,51-52H,4-10,13-27H2,1-3H3,(H,43,49)(H,44,53)(H,57,58)(H,59,60)(H2,42,45,46)(H2,54,55,56). The van der Waals surface area contributed by atoms with Gasteiger partial charge in [-0.1, -0.05) is 109 Å². The topological polar surface area (TPSA) is 364 Å². The van der Waals surface area contributed by atoms with Crippen LogP contribution in [0.15, 0.2) is 24.8 Å². The highest BCUT2D eigenvalue weighted by Gasteiger charge is 2.50. The summed E-state index contributed by atoms with van der Waals surface area (Å²) in [5.74, 6) is -1.03. The first-order chi connectivity index (χ1) is 32.6. The molecule has 0 radical (unpaired) electrons. The number of nitrogen functional groups attached to an aromatic ring is 1. The minimum atomic E-state index is -5.58. The fourth-order valence-electron chi connectivity index (χ4n) is 7.06. The quantitative estimate of drug-likeness (QED) is 0.0232. The van der Waals surface area contributed by atoms with Crippen molar-refractivity contribution in [2.24, 2.45) is 5.41 Å². The summed E-state index contributed by atoms with van der Waals surface area (Å²) in [4.78, 5) is 88.4. The number of ether oxygens (including phenoxy) is 1. The Morgan fingerprint density at radius 1 is 0.870 bits per heavy atom. The third-order valence-corrected chi connectivity index (χ3v) is 14.9. The number of nitrogens with one attached hydrogen (secondary N) is 2. The zero-order valence-corrected chi connectivity index (χ0v) is 43.0. The van der Waals surface area contributed by atoms with Gasteiger partial charge in [-0.2, -0.15) is 4.31 Å². The van der Waals surface area contributed by atoms with Crippen molar-refractivity contribution in [2.75, 3.05) is 37.8 Å². The van der Waals surface area contributed by atoms with E-state index in [2.05, 4.69) is 53.5 Å². The van der Waals surface area contributed by atoms with E-state index in [0.29, 0.717) is 12.2 Å². The summed E-state index contributed by atoms with van der Waals surface area (Å²) >= 11 is 1.15. The van der Waals surface area contributed by atoms with Crippen LogP contribution in [0, 0.1) is 5.41 Å². The van der Waals surface area contributed by atoms with E-state index in [0.717, 1.165) is 54.7 Å². The van der Waals surface area contributed by atoms with E-state index in [-0.39, 0.29) is 41.6 Å². The van der Waals surface area contributed by atoms with Crippen molar-refractivity contribution in [1.82, 2.24) is 30.2 Å². The molecule has 7 unspecified atom stereocenters. The maximum Gasteiger partial charge on any atom is 0.481 e. The lowest BCUT2D eigenvalue weighted by Gasteiger charge is -2.30. The number of nitrogens with two attached hydrogens (primary N) is 1. The van der Waals surface area contributed by atoms with E-state index in [1.165, 1.54) is 84.5 Å². The van der Waals surface area contributed by atoms with Gasteiger partial charge < -0.3 is 50.9 Å². The molecular weight excluding hydrogens is 987 g/mol. The molecule has 2 aromatic heterocycles. The van der Waals surface area contributed by atoms with E-state index in [9.17, 15) is 57.9 Å². The average Bonchev–Trinajstić information content (AvgIpc) is 3.84. The molecule has 0 aliphatic carbocycles. The Balaban J connectivity index is 1.28. The van der Waals surface area contributed by atoms with Crippen LogP contribution in [0.1, 0.15) is 136 Å². The molecule has 2 aromatic rings. The maximum absolute atomic E-state index is 12.7. The van der Waals surface area contributed by atoms with Crippen molar-refractivity contribution in [3.8, 4) is 0 Å². The number of aliphatic hydroxyl groups excluding tert-OH is 2. The molecule has 1 saturated heterocycles. The lowest BCUT2D eigenvalue weighted by atomic mass is 9.87. The second kappa shape index (κ2) is 30.4. The molecule has 0 aromatic carbocycles. The van der Waals surface area contributed by atoms with Gasteiger partial charge in [-0.25, -0.2) is 28.6 Å². The van der Waals surface area contributed by atoms with Gasteiger partial charge in [0.15, 0.2) is 22.8 Å². The van der Waals surface area contributed by atoms with Crippen LogP contribution in [-0.2, 0) is 50.7 Å². The summed E-state index contributed by atoms with van der Waals surface area (Å²) in [5.41, 5.74) is 4.29. The van der Waals surface area contributed by atoms with E-state index >= 15 is 0 Å². The lowest BCUT2D eigenvalue weighted by molar-refractivity contribution is -0.137. The first-order valence-corrected chi connectivity index (χ1v) is 28.8. The van der Waals surface area contributed by atoms with Crippen LogP contribution in [-0.4, -0.2) is 123 Å². The van der Waals surface area contributed by atoms with Crippen molar-refractivity contribution in [3.63, 3.8) is 0 Å². The van der Waals surface area contributed by atoms with Crippen molar-refractivity contribution >= 4 is 69.1 Å². The summed E-state index contributed by atoms with van der Waals surface area (Å²) in [7, 11) is -16.4. The Kier molecular flexibility index (Phi) is 26.7. The minimum absolute atomic E-state index is 0.0334. The molecule has 3 heterocycles. The molecule has 1 fully saturated rings. The summed E-state index contributed by atoms with van der Waals surface area (Å²) in [6, 6.07) is 0. The number of thioether (sulfide) groups is 1.